The molecule has 0 radical (unpaired) electrons. The monoisotopic (exact) mass is 355 g/mol. The van der Waals surface area contributed by atoms with Crippen molar-refractivity contribution in [3.63, 3.8) is 0 Å². The summed E-state index contributed by atoms with van der Waals surface area (Å²) in [7, 11) is 4.87. The largest absolute Gasteiger partial charge is 0.496 e. The molecular weight excluding hydrogens is 330 g/mol. The first-order valence-electron chi connectivity index (χ1n) is 8.76. The average molecular weight is 355 g/mol. The molecule has 1 saturated heterocycles. The summed E-state index contributed by atoms with van der Waals surface area (Å²) in [5, 5.41) is 0. The maximum Gasteiger partial charge on any atom is 0.254 e. The fraction of sp³-hybridized carbons (Fsp3) is 0.381. The van der Waals surface area contributed by atoms with Crippen LogP contribution in [0.4, 0.5) is 0 Å². The van der Waals surface area contributed by atoms with E-state index in [0.29, 0.717) is 17.1 Å². The van der Waals surface area contributed by atoms with E-state index in [-0.39, 0.29) is 11.9 Å². The number of rotatable bonds is 5. The quantitative estimate of drug-likeness (QED) is 0.813. The van der Waals surface area contributed by atoms with E-state index in [4.69, 9.17) is 14.2 Å². The molecule has 1 atom stereocenters. The molecule has 2 aromatic rings. The van der Waals surface area contributed by atoms with Gasteiger partial charge in [-0.2, -0.15) is 0 Å². The molecule has 0 aromatic heterocycles. The van der Waals surface area contributed by atoms with Crippen LogP contribution in [0.5, 0.6) is 17.2 Å². The Kier molecular flexibility index (Phi) is 5.35. The molecule has 0 bridgehead atoms. The van der Waals surface area contributed by atoms with Gasteiger partial charge in [-0.25, -0.2) is 0 Å². The highest BCUT2D eigenvalue weighted by Crippen LogP contribution is 2.37. The summed E-state index contributed by atoms with van der Waals surface area (Å²) < 4.78 is 16.1. The number of ether oxygens (including phenoxy) is 3. The lowest BCUT2D eigenvalue weighted by atomic mass is 10.0. The third-order valence-electron chi connectivity index (χ3n) is 4.96. The smallest absolute Gasteiger partial charge is 0.254 e. The molecule has 1 amide bonds. The highest BCUT2D eigenvalue weighted by Gasteiger charge is 2.31. The van der Waals surface area contributed by atoms with E-state index >= 15 is 0 Å². The zero-order valence-electron chi connectivity index (χ0n) is 15.7. The van der Waals surface area contributed by atoms with Gasteiger partial charge < -0.3 is 19.1 Å². The minimum absolute atomic E-state index is 0.0283. The summed E-state index contributed by atoms with van der Waals surface area (Å²) >= 11 is 0. The Bertz CT molecular complexity index is 803. The molecule has 1 heterocycles. The van der Waals surface area contributed by atoms with Crippen molar-refractivity contribution in [2.24, 2.45) is 0 Å². The highest BCUT2D eigenvalue weighted by molar-refractivity contribution is 5.95. The van der Waals surface area contributed by atoms with Crippen molar-refractivity contribution in [2.75, 3.05) is 27.9 Å². The van der Waals surface area contributed by atoms with Gasteiger partial charge in [-0.05, 0) is 55.2 Å². The van der Waals surface area contributed by atoms with Gasteiger partial charge in [0.2, 0.25) is 0 Å². The van der Waals surface area contributed by atoms with Crippen LogP contribution in [-0.2, 0) is 0 Å². The molecule has 0 N–H and O–H groups in total. The fourth-order valence-electron chi connectivity index (χ4n) is 3.54. The van der Waals surface area contributed by atoms with E-state index in [2.05, 4.69) is 0 Å². The number of hydrogen-bond donors (Lipinski definition) is 0. The van der Waals surface area contributed by atoms with Crippen LogP contribution >= 0.6 is 0 Å². The molecule has 5 nitrogen and oxygen atoms in total. The van der Waals surface area contributed by atoms with Gasteiger partial charge in [0.05, 0.1) is 27.4 Å². The van der Waals surface area contributed by atoms with Gasteiger partial charge in [0.1, 0.15) is 5.75 Å². The van der Waals surface area contributed by atoms with Crippen LogP contribution in [0.15, 0.2) is 36.4 Å². The van der Waals surface area contributed by atoms with Crippen LogP contribution in [0, 0.1) is 6.92 Å². The number of hydrogen-bond acceptors (Lipinski definition) is 4. The van der Waals surface area contributed by atoms with Crippen molar-refractivity contribution >= 4 is 5.91 Å². The predicted molar refractivity (Wildman–Crippen MR) is 100 cm³/mol. The van der Waals surface area contributed by atoms with Crippen LogP contribution < -0.4 is 14.2 Å². The van der Waals surface area contributed by atoms with Crippen molar-refractivity contribution in [2.45, 2.75) is 25.8 Å². The molecule has 26 heavy (non-hydrogen) atoms. The van der Waals surface area contributed by atoms with Crippen LogP contribution in [-0.4, -0.2) is 38.7 Å². The molecular formula is C21H25NO4. The summed E-state index contributed by atoms with van der Waals surface area (Å²) in [4.78, 5) is 15.0. The van der Waals surface area contributed by atoms with Crippen LogP contribution in [0.2, 0.25) is 0 Å². The predicted octanol–water partition coefficient (Wildman–Crippen LogP) is 4.00. The Labute approximate surface area is 154 Å². The number of carbonyl (C=O) groups excluding carboxylic acids is 1. The van der Waals surface area contributed by atoms with E-state index in [1.807, 2.05) is 48.2 Å². The summed E-state index contributed by atoms with van der Waals surface area (Å²) in [5.41, 5.74) is 2.73. The lowest BCUT2D eigenvalue weighted by Gasteiger charge is -2.26. The van der Waals surface area contributed by atoms with Gasteiger partial charge in [-0.1, -0.05) is 12.1 Å². The van der Waals surface area contributed by atoms with Gasteiger partial charge in [0.15, 0.2) is 11.5 Å². The Balaban J connectivity index is 1.89. The third kappa shape index (κ3) is 3.34. The maximum absolute atomic E-state index is 13.1. The van der Waals surface area contributed by atoms with Crippen molar-refractivity contribution in [1.29, 1.82) is 0 Å². The number of methoxy groups -OCH3 is 3. The summed E-state index contributed by atoms with van der Waals surface area (Å²) in [6.07, 6.45) is 1.91. The van der Waals surface area contributed by atoms with Gasteiger partial charge in [0.25, 0.3) is 5.91 Å². The van der Waals surface area contributed by atoms with Gasteiger partial charge in [-0.15, -0.1) is 0 Å². The van der Waals surface area contributed by atoms with Gasteiger partial charge in [0, 0.05) is 12.1 Å². The van der Waals surface area contributed by atoms with Crippen LogP contribution in [0.25, 0.3) is 0 Å². The molecule has 0 saturated carbocycles. The lowest BCUT2D eigenvalue weighted by Crippen LogP contribution is -2.30. The second kappa shape index (κ2) is 7.68. The Hall–Kier alpha value is -2.69. The number of nitrogens with zero attached hydrogens (tertiary/aromatic N) is 1. The summed E-state index contributed by atoms with van der Waals surface area (Å²) in [6, 6.07) is 11.5. The first-order chi connectivity index (χ1) is 12.6. The van der Waals surface area contributed by atoms with Crippen molar-refractivity contribution in [3.8, 4) is 17.2 Å². The minimum Gasteiger partial charge on any atom is -0.496 e. The molecule has 0 aliphatic carbocycles. The van der Waals surface area contributed by atoms with E-state index in [9.17, 15) is 4.79 Å². The Morgan fingerprint density at radius 1 is 0.962 bits per heavy atom. The molecule has 2 aromatic carbocycles. The first-order valence-corrected chi connectivity index (χ1v) is 8.76. The van der Waals surface area contributed by atoms with E-state index in [0.717, 1.165) is 36.3 Å². The van der Waals surface area contributed by atoms with Crippen LogP contribution in [0.3, 0.4) is 0 Å². The second-order valence-electron chi connectivity index (χ2n) is 6.46. The standard InChI is InChI=1S/C21H25NO4/c1-14-7-8-16(13-19(14)25-3)21(23)22-11-5-6-17(22)15-9-10-18(24-2)20(12-15)26-4/h7-10,12-13,17H,5-6,11H2,1-4H3/t17-/m1/s1. The second-order valence-corrected chi connectivity index (χ2v) is 6.46. The average Bonchev–Trinajstić information content (AvgIpc) is 3.17. The van der Waals surface area contributed by atoms with Gasteiger partial charge in [-0.3, -0.25) is 4.79 Å². The number of carbonyl (C=O) groups is 1. The van der Waals surface area contributed by atoms with Crippen molar-refractivity contribution in [1.82, 2.24) is 4.90 Å². The van der Waals surface area contributed by atoms with E-state index in [1.165, 1.54) is 0 Å². The third-order valence-corrected chi connectivity index (χ3v) is 4.96. The summed E-state index contributed by atoms with van der Waals surface area (Å²) in [6.45, 7) is 2.71. The Morgan fingerprint density at radius 2 is 1.69 bits per heavy atom. The fourth-order valence-corrected chi connectivity index (χ4v) is 3.54. The number of likely N-dealkylation sites (tertiary alicyclic amines) is 1. The molecule has 0 spiro atoms. The van der Waals surface area contributed by atoms with E-state index in [1.54, 1.807) is 21.3 Å². The molecule has 5 heteroatoms. The normalized spacial score (nSPS) is 16.5. The maximum atomic E-state index is 13.1. The van der Waals surface area contributed by atoms with E-state index < -0.39 is 0 Å². The van der Waals surface area contributed by atoms with Crippen molar-refractivity contribution in [3.05, 3.63) is 53.1 Å². The molecule has 1 aliphatic rings. The minimum atomic E-state index is 0.0283. The molecule has 3 rings (SSSR count). The molecule has 0 unspecified atom stereocenters. The Morgan fingerprint density at radius 3 is 2.38 bits per heavy atom. The lowest BCUT2D eigenvalue weighted by molar-refractivity contribution is 0.0735. The highest BCUT2D eigenvalue weighted by atomic mass is 16.5. The van der Waals surface area contributed by atoms with Crippen LogP contribution in [0.1, 0.15) is 40.4 Å². The first kappa shape index (κ1) is 18.1. The number of amides is 1. The van der Waals surface area contributed by atoms with Crippen molar-refractivity contribution < 1.29 is 19.0 Å². The molecule has 1 fully saturated rings. The number of aryl methyl sites for hydroxylation is 1. The zero-order chi connectivity index (χ0) is 18.7. The molecule has 138 valence electrons. The SMILES string of the molecule is COc1cc(C(=O)N2CCC[C@@H]2c2ccc(OC)c(OC)c2)ccc1C. The number of benzene rings is 2. The van der Waals surface area contributed by atoms with Gasteiger partial charge >= 0.3 is 0 Å². The topological polar surface area (TPSA) is 48.0 Å². The zero-order valence-corrected chi connectivity index (χ0v) is 15.7. The molecule has 1 aliphatic heterocycles. The summed E-state index contributed by atoms with van der Waals surface area (Å²) in [5.74, 6) is 2.13.